The van der Waals surface area contributed by atoms with E-state index >= 15 is 0 Å². The minimum absolute atomic E-state index is 0.360. The summed E-state index contributed by atoms with van der Waals surface area (Å²) < 4.78 is 6.25. The zero-order valence-electron chi connectivity index (χ0n) is 9.68. The third-order valence-corrected chi connectivity index (χ3v) is 2.39. The van der Waals surface area contributed by atoms with Crippen molar-refractivity contribution in [2.75, 3.05) is 12.8 Å². The highest BCUT2D eigenvalue weighted by atomic mass is 16.5. The van der Waals surface area contributed by atoms with E-state index in [0.29, 0.717) is 11.4 Å². The lowest BCUT2D eigenvalue weighted by molar-refractivity contribution is 0.0601. The normalized spacial score (nSPS) is 10.2. The highest BCUT2D eigenvalue weighted by molar-refractivity contribution is 5.89. The Morgan fingerprint density at radius 3 is 2.47 bits per heavy atom. The Hall–Kier alpha value is -2.30. The molecule has 5 nitrogen and oxygen atoms in total. The third kappa shape index (κ3) is 2.13. The first kappa shape index (κ1) is 11.2. The molecule has 0 amide bonds. The summed E-state index contributed by atoms with van der Waals surface area (Å²) in [6.45, 7) is 1.87. The van der Waals surface area contributed by atoms with Gasteiger partial charge in [-0.15, -0.1) is 0 Å². The van der Waals surface area contributed by atoms with Crippen LogP contribution in [0.2, 0.25) is 0 Å². The van der Waals surface area contributed by atoms with Gasteiger partial charge in [0, 0.05) is 6.07 Å². The Balaban J connectivity index is 2.35. The first-order valence-corrected chi connectivity index (χ1v) is 5.12. The van der Waals surface area contributed by atoms with Gasteiger partial charge in [0.05, 0.1) is 24.1 Å². The van der Waals surface area contributed by atoms with Gasteiger partial charge in [0.15, 0.2) is 0 Å². The van der Waals surface area contributed by atoms with Crippen LogP contribution in [0, 0.1) is 6.92 Å². The lowest BCUT2D eigenvalue weighted by Gasteiger charge is -2.04. The molecule has 0 bridgehead atoms. The van der Waals surface area contributed by atoms with Crippen LogP contribution in [0.4, 0.5) is 5.82 Å². The number of rotatable bonds is 2. The van der Waals surface area contributed by atoms with Gasteiger partial charge >= 0.3 is 5.97 Å². The van der Waals surface area contributed by atoms with E-state index in [1.165, 1.54) is 7.11 Å². The van der Waals surface area contributed by atoms with Gasteiger partial charge in [-0.1, -0.05) is 0 Å². The van der Waals surface area contributed by atoms with Crippen molar-refractivity contribution in [2.45, 2.75) is 6.92 Å². The Bertz CT molecular complexity index is 543. The summed E-state index contributed by atoms with van der Waals surface area (Å²) in [7, 11) is 1.35. The average Bonchev–Trinajstić information content (AvgIpc) is 2.68. The highest BCUT2D eigenvalue weighted by Gasteiger charge is 2.07. The monoisotopic (exact) mass is 231 g/mol. The van der Waals surface area contributed by atoms with E-state index in [1.54, 1.807) is 35.0 Å². The molecule has 0 radical (unpaired) electrons. The summed E-state index contributed by atoms with van der Waals surface area (Å²) in [6, 6.07) is 8.69. The predicted molar refractivity (Wildman–Crippen MR) is 64.1 cm³/mol. The van der Waals surface area contributed by atoms with Crippen LogP contribution in [-0.4, -0.2) is 22.9 Å². The molecule has 2 rings (SSSR count). The quantitative estimate of drug-likeness (QED) is 0.796. The molecule has 0 aliphatic rings. The number of carbonyl (C=O) groups excluding carboxylic acids is 1. The number of hydrogen-bond donors (Lipinski definition) is 1. The summed E-state index contributed by atoms with van der Waals surface area (Å²) in [5.41, 5.74) is 7.96. The van der Waals surface area contributed by atoms with Gasteiger partial charge in [-0.25, -0.2) is 9.48 Å². The molecule has 5 heteroatoms. The molecule has 0 fully saturated rings. The van der Waals surface area contributed by atoms with Gasteiger partial charge in [-0.3, -0.25) is 0 Å². The van der Waals surface area contributed by atoms with Gasteiger partial charge in [-0.2, -0.15) is 5.10 Å². The van der Waals surface area contributed by atoms with Crippen molar-refractivity contribution in [3.05, 3.63) is 41.6 Å². The SMILES string of the molecule is COC(=O)c1ccc(-n2nc(C)cc2N)cc1. The smallest absolute Gasteiger partial charge is 0.337 e. The van der Waals surface area contributed by atoms with Crippen molar-refractivity contribution in [3.63, 3.8) is 0 Å². The van der Waals surface area contributed by atoms with E-state index in [2.05, 4.69) is 9.84 Å². The number of hydrogen-bond acceptors (Lipinski definition) is 4. The standard InChI is InChI=1S/C12H13N3O2/c1-8-7-11(13)15(14-8)10-5-3-9(4-6-10)12(16)17-2/h3-7H,13H2,1-2H3. The van der Waals surface area contributed by atoms with Gasteiger partial charge in [0.2, 0.25) is 0 Å². The van der Waals surface area contributed by atoms with Crippen LogP contribution in [0.15, 0.2) is 30.3 Å². The fraction of sp³-hybridized carbons (Fsp3) is 0.167. The molecule has 1 aromatic carbocycles. The molecule has 0 aliphatic heterocycles. The molecule has 0 atom stereocenters. The van der Waals surface area contributed by atoms with Crippen LogP contribution in [0.25, 0.3) is 5.69 Å². The summed E-state index contributed by atoms with van der Waals surface area (Å²) in [6.07, 6.45) is 0. The molecular formula is C12H13N3O2. The maximum Gasteiger partial charge on any atom is 0.337 e. The summed E-state index contributed by atoms with van der Waals surface area (Å²) in [5.74, 6) is 0.203. The zero-order chi connectivity index (χ0) is 12.4. The van der Waals surface area contributed by atoms with Crippen molar-refractivity contribution in [2.24, 2.45) is 0 Å². The second-order valence-corrected chi connectivity index (χ2v) is 3.66. The van der Waals surface area contributed by atoms with Crippen LogP contribution in [0.5, 0.6) is 0 Å². The van der Waals surface area contributed by atoms with E-state index in [9.17, 15) is 4.79 Å². The van der Waals surface area contributed by atoms with Gasteiger partial charge in [0.1, 0.15) is 5.82 Å². The van der Waals surface area contributed by atoms with Crippen molar-refractivity contribution in [1.82, 2.24) is 9.78 Å². The molecule has 0 unspecified atom stereocenters. The molecule has 88 valence electrons. The summed E-state index contributed by atoms with van der Waals surface area (Å²) >= 11 is 0. The number of nitrogens with zero attached hydrogens (tertiary/aromatic N) is 2. The van der Waals surface area contributed by atoms with Crippen LogP contribution in [-0.2, 0) is 4.74 Å². The first-order chi connectivity index (χ1) is 8.11. The van der Waals surface area contributed by atoms with E-state index in [0.717, 1.165) is 11.4 Å². The number of ether oxygens (including phenoxy) is 1. The molecule has 17 heavy (non-hydrogen) atoms. The largest absolute Gasteiger partial charge is 0.465 e. The average molecular weight is 231 g/mol. The van der Waals surface area contributed by atoms with Crippen LogP contribution in [0.3, 0.4) is 0 Å². The first-order valence-electron chi connectivity index (χ1n) is 5.12. The molecule has 1 aromatic heterocycles. The summed E-state index contributed by atoms with van der Waals surface area (Å²) in [4.78, 5) is 11.3. The lowest BCUT2D eigenvalue weighted by atomic mass is 10.2. The second-order valence-electron chi connectivity index (χ2n) is 3.66. The number of anilines is 1. The number of carbonyl (C=O) groups is 1. The molecule has 0 saturated heterocycles. The molecular weight excluding hydrogens is 218 g/mol. The fourth-order valence-electron chi connectivity index (χ4n) is 1.58. The molecule has 0 aliphatic carbocycles. The fourth-order valence-corrected chi connectivity index (χ4v) is 1.58. The van der Waals surface area contributed by atoms with E-state index in [-0.39, 0.29) is 5.97 Å². The number of methoxy groups -OCH3 is 1. The number of nitrogen functional groups attached to an aromatic ring is 1. The zero-order valence-corrected chi connectivity index (χ0v) is 9.68. The lowest BCUT2D eigenvalue weighted by Crippen LogP contribution is -2.04. The van der Waals surface area contributed by atoms with Crippen molar-refractivity contribution in [1.29, 1.82) is 0 Å². The summed E-state index contributed by atoms with van der Waals surface area (Å²) in [5, 5.41) is 4.25. The molecule has 2 N–H and O–H groups in total. The Morgan fingerprint density at radius 1 is 1.35 bits per heavy atom. The second kappa shape index (κ2) is 4.29. The maximum absolute atomic E-state index is 11.3. The Labute approximate surface area is 98.8 Å². The topological polar surface area (TPSA) is 70.1 Å². The predicted octanol–water partition coefficient (Wildman–Crippen LogP) is 1.55. The van der Waals surface area contributed by atoms with Crippen LogP contribution < -0.4 is 5.73 Å². The number of aromatic nitrogens is 2. The third-order valence-electron chi connectivity index (χ3n) is 2.39. The van der Waals surface area contributed by atoms with Crippen LogP contribution in [0.1, 0.15) is 16.1 Å². The number of nitrogens with two attached hydrogens (primary N) is 1. The van der Waals surface area contributed by atoms with Crippen molar-refractivity contribution in [3.8, 4) is 5.69 Å². The van der Waals surface area contributed by atoms with E-state index in [4.69, 9.17) is 5.73 Å². The van der Waals surface area contributed by atoms with Crippen molar-refractivity contribution >= 4 is 11.8 Å². The Morgan fingerprint density at radius 2 is 2.00 bits per heavy atom. The highest BCUT2D eigenvalue weighted by Crippen LogP contribution is 2.15. The maximum atomic E-state index is 11.3. The number of aryl methyl sites for hydroxylation is 1. The Kier molecular flexibility index (Phi) is 2.82. The molecule has 0 saturated carbocycles. The van der Waals surface area contributed by atoms with Gasteiger partial charge < -0.3 is 10.5 Å². The van der Waals surface area contributed by atoms with Crippen molar-refractivity contribution < 1.29 is 9.53 Å². The van der Waals surface area contributed by atoms with Crippen LogP contribution >= 0.6 is 0 Å². The van der Waals surface area contributed by atoms with E-state index < -0.39 is 0 Å². The number of esters is 1. The number of benzene rings is 1. The van der Waals surface area contributed by atoms with E-state index in [1.807, 2.05) is 6.92 Å². The minimum Gasteiger partial charge on any atom is -0.465 e. The minimum atomic E-state index is -0.360. The molecule has 1 heterocycles. The molecule has 2 aromatic rings. The van der Waals surface area contributed by atoms with Gasteiger partial charge in [0.25, 0.3) is 0 Å². The van der Waals surface area contributed by atoms with Gasteiger partial charge in [-0.05, 0) is 31.2 Å². The molecule has 0 spiro atoms.